The third-order valence-electron chi connectivity index (χ3n) is 4.25. The summed E-state index contributed by atoms with van der Waals surface area (Å²) < 4.78 is 11.8. The lowest BCUT2D eigenvalue weighted by Gasteiger charge is -2.30. The molecule has 3 rings (SSSR count). The maximum atomic E-state index is 11.0. The van der Waals surface area contributed by atoms with Crippen molar-refractivity contribution in [3.05, 3.63) is 29.7 Å². The Morgan fingerprint density at radius 3 is 2.58 bits per heavy atom. The van der Waals surface area contributed by atoms with Gasteiger partial charge in [0.05, 0.1) is 11.3 Å². The minimum absolute atomic E-state index is 0.0908. The number of pyridine rings is 1. The molecule has 2 aromatic heterocycles. The van der Waals surface area contributed by atoms with Gasteiger partial charge in [0.2, 0.25) is 11.8 Å². The minimum Gasteiger partial charge on any atom is -0.474 e. The second-order valence-electron chi connectivity index (χ2n) is 6.12. The number of hydrogen-bond donors (Lipinski definition) is 2. The molecule has 1 fully saturated rings. The van der Waals surface area contributed by atoms with Crippen molar-refractivity contribution in [1.82, 2.24) is 19.9 Å². The molecule has 3 heterocycles. The highest BCUT2D eigenvalue weighted by Gasteiger charge is 2.24. The fraction of sp³-hybridized carbons (Fsp3) is 0.412. The molecule has 9 nitrogen and oxygen atoms in total. The largest absolute Gasteiger partial charge is 0.474 e. The lowest BCUT2D eigenvalue weighted by atomic mass is 10.1. The number of hydrogen-bond acceptors (Lipinski definition) is 7. The summed E-state index contributed by atoms with van der Waals surface area (Å²) in [6.45, 7) is 4.51. The molecule has 0 aromatic carbocycles. The molecule has 0 bridgehead atoms. The molecule has 0 spiro atoms. The van der Waals surface area contributed by atoms with Gasteiger partial charge in [-0.1, -0.05) is 0 Å². The molecule has 9 heteroatoms. The third-order valence-corrected chi connectivity index (χ3v) is 4.25. The van der Waals surface area contributed by atoms with Crippen LogP contribution in [0.25, 0.3) is 0 Å². The van der Waals surface area contributed by atoms with Gasteiger partial charge in [-0.05, 0) is 26.0 Å². The molecule has 0 saturated carbocycles. The summed E-state index contributed by atoms with van der Waals surface area (Å²) in [7, 11) is 0. The van der Waals surface area contributed by atoms with Crippen molar-refractivity contribution in [1.29, 1.82) is 0 Å². The Balaban J connectivity index is 1.70. The van der Waals surface area contributed by atoms with Crippen molar-refractivity contribution in [3.8, 4) is 17.5 Å². The van der Waals surface area contributed by atoms with Gasteiger partial charge in [-0.3, -0.25) is 0 Å². The van der Waals surface area contributed by atoms with Crippen molar-refractivity contribution in [3.63, 3.8) is 0 Å². The number of anilines is 1. The van der Waals surface area contributed by atoms with E-state index >= 15 is 0 Å². The highest BCUT2D eigenvalue weighted by atomic mass is 16.5. The molecule has 0 aliphatic carbocycles. The first-order chi connectivity index (χ1) is 12.4. The average molecular weight is 359 g/mol. The van der Waals surface area contributed by atoms with Crippen LogP contribution in [0.1, 0.15) is 24.1 Å². The first kappa shape index (κ1) is 17.7. The second kappa shape index (κ2) is 7.42. The summed E-state index contributed by atoms with van der Waals surface area (Å²) in [5.41, 5.74) is 6.98. The summed E-state index contributed by atoms with van der Waals surface area (Å²) in [6.07, 6.45) is 1.63. The lowest BCUT2D eigenvalue weighted by molar-refractivity contribution is 0.0864. The number of amides is 1. The van der Waals surface area contributed by atoms with Gasteiger partial charge in [-0.15, -0.1) is 0 Å². The Morgan fingerprint density at radius 2 is 1.92 bits per heavy atom. The van der Waals surface area contributed by atoms with E-state index in [1.165, 1.54) is 11.2 Å². The fourth-order valence-electron chi connectivity index (χ4n) is 2.74. The zero-order valence-corrected chi connectivity index (χ0v) is 14.7. The van der Waals surface area contributed by atoms with E-state index in [2.05, 4.69) is 15.0 Å². The van der Waals surface area contributed by atoms with Crippen molar-refractivity contribution in [2.24, 2.45) is 0 Å². The standard InChI is InChI=1S/C17H21N5O4/c1-10-15(25-12-5-7-22(8-6-12)17(23)24)19-9-20-16(10)26-13-3-4-14(18)21-11(13)2/h3-4,9,12H,5-8H2,1-2H3,(H2,18,21)(H,23,24). The minimum atomic E-state index is -0.898. The Bertz CT molecular complexity index is 806. The van der Waals surface area contributed by atoms with Crippen LogP contribution in [-0.2, 0) is 0 Å². The number of aryl methyl sites for hydroxylation is 1. The van der Waals surface area contributed by atoms with E-state index in [-0.39, 0.29) is 6.10 Å². The maximum absolute atomic E-state index is 11.0. The number of carboxylic acid groups (broad SMARTS) is 1. The smallest absolute Gasteiger partial charge is 0.407 e. The summed E-state index contributed by atoms with van der Waals surface area (Å²) in [6, 6.07) is 3.40. The number of nitrogen functional groups attached to an aromatic ring is 1. The Kier molecular flexibility index (Phi) is 5.06. The molecular formula is C17H21N5O4. The SMILES string of the molecule is Cc1nc(N)ccc1Oc1ncnc(OC2CCN(C(=O)O)CC2)c1C. The van der Waals surface area contributed by atoms with Crippen LogP contribution >= 0.6 is 0 Å². The van der Waals surface area contributed by atoms with Gasteiger partial charge in [-0.2, -0.15) is 0 Å². The normalized spacial score (nSPS) is 14.9. The van der Waals surface area contributed by atoms with Crippen LogP contribution < -0.4 is 15.2 Å². The quantitative estimate of drug-likeness (QED) is 0.853. The van der Waals surface area contributed by atoms with Crippen LogP contribution in [0.3, 0.4) is 0 Å². The number of ether oxygens (including phenoxy) is 2. The maximum Gasteiger partial charge on any atom is 0.407 e. The molecule has 0 radical (unpaired) electrons. The monoisotopic (exact) mass is 359 g/mol. The average Bonchev–Trinajstić information content (AvgIpc) is 2.61. The van der Waals surface area contributed by atoms with Gasteiger partial charge in [-0.25, -0.2) is 19.7 Å². The predicted molar refractivity (Wildman–Crippen MR) is 93.5 cm³/mol. The number of rotatable bonds is 4. The number of nitrogens with two attached hydrogens (primary N) is 1. The number of carbonyl (C=O) groups is 1. The fourth-order valence-corrected chi connectivity index (χ4v) is 2.74. The molecule has 3 N–H and O–H groups in total. The zero-order chi connectivity index (χ0) is 18.7. The number of piperidine rings is 1. The number of aromatic nitrogens is 3. The summed E-state index contributed by atoms with van der Waals surface area (Å²) >= 11 is 0. The highest BCUT2D eigenvalue weighted by molar-refractivity contribution is 5.65. The molecule has 1 saturated heterocycles. The van der Waals surface area contributed by atoms with Crippen molar-refractivity contribution in [2.75, 3.05) is 18.8 Å². The van der Waals surface area contributed by atoms with Gasteiger partial charge >= 0.3 is 6.09 Å². The van der Waals surface area contributed by atoms with Crippen molar-refractivity contribution < 1.29 is 19.4 Å². The topological polar surface area (TPSA) is 124 Å². The molecule has 1 aliphatic heterocycles. The van der Waals surface area contributed by atoms with E-state index in [0.29, 0.717) is 60.5 Å². The van der Waals surface area contributed by atoms with E-state index < -0.39 is 6.09 Å². The van der Waals surface area contributed by atoms with Gasteiger partial charge in [0.25, 0.3) is 0 Å². The Morgan fingerprint density at radius 1 is 1.23 bits per heavy atom. The zero-order valence-electron chi connectivity index (χ0n) is 14.7. The molecular weight excluding hydrogens is 338 g/mol. The molecule has 0 unspecified atom stereocenters. The number of likely N-dealkylation sites (tertiary alicyclic amines) is 1. The van der Waals surface area contributed by atoms with Crippen LogP contribution in [0.4, 0.5) is 10.6 Å². The van der Waals surface area contributed by atoms with E-state index in [1.54, 1.807) is 19.1 Å². The van der Waals surface area contributed by atoms with Gasteiger partial charge in [0, 0.05) is 25.9 Å². The van der Waals surface area contributed by atoms with Gasteiger partial charge in [0.15, 0.2) is 5.75 Å². The first-order valence-corrected chi connectivity index (χ1v) is 8.31. The molecule has 2 aromatic rings. The van der Waals surface area contributed by atoms with Gasteiger partial charge < -0.3 is 25.2 Å². The van der Waals surface area contributed by atoms with E-state index in [4.69, 9.17) is 20.3 Å². The first-order valence-electron chi connectivity index (χ1n) is 8.31. The highest BCUT2D eigenvalue weighted by Crippen LogP contribution is 2.30. The second-order valence-corrected chi connectivity index (χ2v) is 6.12. The van der Waals surface area contributed by atoms with E-state index in [1.807, 2.05) is 6.92 Å². The molecule has 1 amide bonds. The predicted octanol–water partition coefficient (Wildman–Crippen LogP) is 2.38. The van der Waals surface area contributed by atoms with Crippen LogP contribution in [0.15, 0.2) is 18.5 Å². The van der Waals surface area contributed by atoms with Crippen LogP contribution in [0, 0.1) is 13.8 Å². The summed E-state index contributed by atoms with van der Waals surface area (Å²) in [4.78, 5) is 24.9. The van der Waals surface area contributed by atoms with E-state index in [9.17, 15) is 4.79 Å². The van der Waals surface area contributed by atoms with Crippen LogP contribution in [0.5, 0.6) is 17.5 Å². The number of nitrogens with zero attached hydrogens (tertiary/aromatic N) is 4. The van der Waals surface area contributed by atoms with Crippen LogP contribution in [-0.4, -0.2) is 50.2 Å². The van der Waals surface area contributed by atoms with Crippen molar-refractivity contribution >= 4 is 11.9 Å². The molecule has 26 heavy (non-hydrogen) atoms. The lowest BCUT2D eigenvalue weighted by Crippen LogP contribution is -2.41. The molecule has 0 atom stereocenters. The molecule has 1 aliphatic rings. The van der Waals surface area contributed by atoms with E-state index in [0.717, 1.165) is 0 Å². The summed E-state index contributed by atoms with van der Waals surface area (Å²) in [5, 5.41) is 9.01. The van der Waals surface area contributed by atoms with Crippen molar-refractivity contribution in [2.45, 2.75) is 32.8 Å². The Hall–Kier alpha value is -3.10. The van der Waals surface area contributed by atoms with Gasteiger partial charge in [0.1, 0.15) is 18.2 Å². The Labute approximate surface area is 150 Å². The summed E-state index contributed by atoms with van der Waals surface area (Å²) in [5.74, 6) is 1.80. The third kappa shape index (κ3) is 3.93. The molecule has 138 valence electrons. The van der Waals surface area contributed by atoms with Crippen LogP contribution in [0.2, 0.25) is 0 Å².